The van der Waals surface area contributed by atoms with Gasteiger partial charge in [0.25, 0.3) is 11.8 Å². The third kappa shape index (κ3) is 6.59. The van der Waals surface area contributed by atoms with Crippen LogP contribution >= 0.6 is 0 Å². The van der Waals surface area contributed by atoms with Crippen LogP contribution in [-0.2, 0) is 4.79 Å². The maximum absolute atomic E-state index is 14.6. The lowest BCUT2D eigenvalue weighted by Gasteiger charge is -2.28. The van der Waals surface area contributed by atoms with Gasteiger partial charge < -0.3 is 20.5 Å². The molecular weight excluding hydrogens is 463 g/mol. The Bertz CT molecular complexity index is 1250. The van der Waals surface area contributed by atoms with Crippen LogP contribution in [0.15, 0.2) is 60.7 Å². The van der Waals surface area contributed by atoms with Crippen molar-refractivity contribution in [2.24, 2.45) is 5.92 Å². The summed E-state index contributed by atoms with van der Waals surface area (Å²) in [7, 11) is 0. The molecule has 0 saturated heterocycles. The lowest BCUT2D eigenvalue weighted by molar-refractivity contribution is -0.138. The van der Waals surface area contributed by atoms with Crippen molar-refractivity contribution in [3.8, 4) is 5.75 Å². The fourth-order valence-corrected chi connectivity index (χ4v) is 4.53. The molecule has 4 rings (SSSR count). The topological polar surface area (TPSA) is 105 Å². The molecular formula is C28H29FN2O5. The van der Waals surface area contributed by atoms with Gasteiger partial charge in [0, 0.05) is 31.1 Å². The number of carboxylic acid groups (broad SMARTS) is 1. The highest BCUT2D eigenvalue weighted by Crippen LogP contribution is 2.30. The molecule has 1 aliphatic carbocycles. The van der Waals surface area contributed by atoms with Crippen molar-refractivity contribution >= 4 is 28.6 Å². The molecule has 7 nitrogen and oxygen atoms in total. The second kappa shape index (κ2) is 11.7. The number of hydrogen-bond acceptors (Lipinski definition) is 4. The van der Waals surface area contributed by atoms with Crippen LogP contribution in [0.5, 0.6) is 5.75 Å². The predicted octanol–water partition coefficient (Wildman–Crippen LogP) is 4.55. The monoisotopic (exact) mass is 492 g/mol. The number of carboxylic acids is 1. The van der Waals surface area contributed by atoms with Crippen molar-refractivity contribution in [3.63, 3.8) is 0 Å². The van der Waals surface area contributed by atoms with E-state index in [2.05, 4.69) is 10.6 Å². The molecule has 0 heterocycles. The Kier molecular flexibility index (Phi) is 8.15. The van der Waals surface area contributed by atoms with Gasteiger partial charge in [-0.15, -0.1) is 0 Å². The molecule has 0 radical (unpaired) electrons. The van der Waals surface area contributed by atoms with Crippen molar-refractivity contribution in [2.45, 2.75) is 38.2 Å². The molecule has 1 aliphatic rings. The molecule has 1 fully saturated rings. The zero-order valence-electron chi connectivity index (χ0n) is 19.8. The van der Waals surface area contributed by atoms with E-state index in [-0.39, 0.29) is 43.0 Å². The molecule has 0 bridgehead atoms. The number of nitrogens with one attached hydrogen (secondary N) is 2. The van der Waals surface area contributed by atoms with Crippen LogP contribution in [0.2, 0.25) is 0 Å². The number of carbonyl (C=O) groups is 3. The fourth-order valence-electron chi connectivity index (χ4n) is 4.53. The zero-order chi connectivity index (χ0) is 25.5. The number of amides is 2. The number of benzene rings is 3. The second-order valence-electron chi connectivity index (χ2n) is 9.07. The standard InChI is InChI=1S/C28H29FN2O5/c29-25-17-23(36-22-9-5-18(6-10-22)15-26(32)33)11-12-24(25)28(35)31-14-13-30-27(34)21-8-7-19-3-1-2-4-20(19)16-21/h1-4,7-8,11-12,16-18,22H,5-6,9-10,13-15H2,(H,30,34)(H,31,35)(H,32,33)/t18-,22+. The normalized spacial score (nSPS) is 17.4. The number of ether oxygens (including phenoxy) is 1. The summed E-state index contributed by atoms with van der Waals surface area (Å²) in [6.45, 7) is 0.347. The van der Waals surface area contributed by atoms with E-state index < -0.39 is 17.7 Å². The number of carbonyl (C=O) groups excluding carboxylic acids is 2. The molecule has 0 unspecified atom stereocenters. The van der Waals surface area contributed by atoms with Gasteiger partial charge in [0.15, 0.2) is 0 Å². The van der Waals surface area contributed by atoms with E-state index in [9.17, 15) is 18.8 Å². The molecule has 2 amide bonds. The zero-order valence-corrected chi connectivity index (χ0v) is 19.8. The third-order valence-corrected chi connectivity index (χ3v) is 6.45. The number of rotatable bonds is 9. The molecule has 0 atom stereocenters. The van der Waals surface area contributed by atoms with Crippen LogP contribution in [0.1, 0.15) is 52.8 Å². The maximum atomic E-state index is 14.6. The average molecular weight is 493 g/mol. The lowest BCUT2D eigenvalue weighted by atomic mass is 9.85. The quantitative estimate of drug-likeness (QED) is 0.380. The molecule has 0 aliphatic heterocycles. The Morgan fingerprint density at radius 3 is 2.25 bits per heavy atom. The van der Waals surface area contributed by atoms with Gasteiger partial charge in [-0.1, -0.05) is 30.3 Å². The number of halogens is 1. The van der Waals surface area contributed by atoms with Crippen LogP contribution in [0, 0.1) is 11.7 Å². The van der Waals surface area contributed by atoms with Crippen LogP contribution in [0.3, 0.4) is 0 Å². The van der Waals surface area contributed by atoms with E-state index >= 15 is 0 Å². The highest BCUT2D eigenvalue weighted by Gasteiger charge is 2.24. The van der Waals surface area contributed by atoms with Gasteiger partial charge in [-0.25, -0.2) is 4.39 Å². The van der Waals surface area contributed by atoms with Crippen molar-refractivity contribution in [1.29, 1.82) is 0 Å². The van der Waals surface area contributed by atoms with Crippen LogP contribution in [0.25, 0.3) is 10.8 Å². The fraction of sp³-hybridized carbons (Fsp3) is 0.321. The van der Waals surface area contributed by atoms with Gasteiger partial charge >= 0.3 is 5.97 Å². The molecule has 36 heavy (non-hydrogen) atoms. The molecule has 3 aromatic carbocycles. The summed E-state index contributed by atoms with van der Waals surface area (Å²) in [5, 5.41) is 16.3. The SMILES string of the molecule is O=C(O)C[C@H]1CC[C@@H](Oc2ccc(C(=O)NCCNC(=O)c3ccc4ccccc4c3)c(F)c2)CC1. The predicted molar refractivity (Wildman–Crippen MR) is 134 cm³/mol. The Morgan fingerprint density at radius 1 is 0.861 bits per heavy atom. The summed E-state index contributed by atoms with van der Waals surface area (Å²) in [4.78, 5) is 35.7. The molecule has 188 valence electrons. The van der Waals surface area contributed by atoms with E-state index in [1.165, 1.54) is 12.1 Å². The van der Waals surface area contributed by atoms with Gasteiger partial charge in [0.2, 0.25) is 0 Å². The number of aliphatic carboxylic acids is 1. The van der Waals surface area contributed by atoms with E-state index in [1.807, 2.05) is 36.4 Å². The highest BCUT2D eigenvalue weighted by molar-refractivity contribution is 5.98. The van der Waals surface area contributed by atoms with Crippen LogP contribution in [-0.4, -0.2) is 42.1 Å². The first-order valence-corrected chi connectivity index (χ1v) is 12.1. The minimum absolute atomic E-state index is 0.0969. The molecule has 0 spiro atoms. The highest BCUT2D eigenvalue weighted by atomic mass is 19.1. The first-order valence-electron chi connectivity index (χ1n) is 12.1. The largest absolute Gasteiger partial charge is 0.490 e. The van der Waals surface area contributed by atoms with Crippen molar-refractivity contribution in [1.82, 2.24) is 10.6 Å². The van der Waals surface area contributed by atoms with E-state index in [0.29, 0.717) is 24.2 Å². The van der Waals surface area contributed by atoms with Crippen molar-refractivity contribution in [3.05, 3.63) is 77.6 Å². The van der Waals surface area contributed by atoms with Crippen LogP contribution in [0.4, 0.5) is 4.39 Å². The molecule has 3 aromatic rings. The summed E-state index contributed by atoms with van der Waals surface area (Å²) in [6.07, 6.45) is 3.02. The van der Waals surface area contributed by atoms with E-state index in [1.54, 1.807) is 12.1 Å². The van der Waals surface area contributed by atoms with Crippen LogP contribution < -0.4 is 15.4 Å². The summed E-state index contributed by atoms with van der Waals surface area (Å²) < 4.78 is 20.4. The lowest BCUT2D eigenvalue weighted by Crippen LogP contribution is -2.35. The minimum Gasteiger partial charge on any atom is -0.490 e. The number of hydrogen-bond donors (Lipinski definition) is 3. The maximum Gasteiger partial charge on any atom is 0.303 e. The molecule has 1 saturated carbocycles. The van der Waals surface area contributed by atoms with Crippen molar-refractivity contribution in [2.75, 3.05) is 13.1 Å². The van der Waals surface area contributed by atoms with Gasteiger partial charge in [0.05, 0.1) is 11.7 Å². The van der Waals surface area contributed by atoms with Gasteiger partial charge in [0.1, 0.15) is 11.6 Å². The van der Waals surface area contributed by atoms with E-state index in [0.717, 1.165) is 23.6 Å². The minimum atomic E-state index is -0.789. The summed E-state index contributed by atoms with van der Waals surface area (Å²) >= 11 is 0. The number of fused-ring (bicyclic) bond motifs is 1. The van der Waals surface area contributed by atoms with Crippen molar-refractivity contribution < 1.29 is 28.6 Å². The third-order valence-electron chi connectivity index (χ3n) is 6.45. The Balaban J connectivity index is 1.22. The molecule has 3 N–H and O–H groups in total. The first-order chi connectivity index (χ1) is 17.4. The summed E-state index contributed by atoms with van der Waals surface area (Å²) in [5.41, 5.74) is 0.422. The smallest absolute Gasteiger partial charge is 0.303 e. The van der Waals surface area contributed by atoms with E-state index in [4.69, 9.17) is 9.84 Å². The first kappa shape index (κ1) is 25.2. The van der Waals surface area contributed by atoms with Gasteiger partial charge in [-0.05, 0) is 66.6 Å². The Hall–Kier alpha value is -3.94. The summed E-state index contributed by atoms with van der Waals surface area (Å²) in [6, 6.07) is 17.3. The Morgan fingerprint density at radius 2 is 1.56 bits per heavy atom. The average Bonchev–Trinajstić information content (AvgIpc) is 2.87. The molecule has 8 heteroatoms. The Labute approximate surface area is 208 Å². The molecule has 0 aromatic heterocycles. The summed E-state index contributed by atoms with van der Waals surface area (Å²) in [5.74, 6) is -1.81. The van der Waals surface area contributed by atoms with Gasteiger partial charge in [-0.2, -0.15) is 0 Å². The van der Waals surface area contributed by atoms with Gasteiger partial charge in [-0.3, -0.25) is 14.4 Å². The second-order valence-corrected chi connectivity index (χ2v) is 9.07.